The van der Waals surface area contributed by atoms with E-state index in [1.54, 1.807) is 0 Å². The number of aryl methyl sites for hydroxylation is 6. The highest BCUT2D eigenvalue weighted by molar-refractivity contribution is 6.12. The van der Waals surface area contributed by atoms with Gasteiger partial charge in [-0.3, -0.25) is 0 Å². The van der Waals surface area contributed by atoms with Gasteiger partial charge in [-0.1, -0.05) is 126 Å². The minimum absolute atomic E-state index is 0.390. The third kappa shape index (κ3) is 7.22. The summed E-state index contributed by atoms with van der Waals surface area (Å²) in [4.78, 5) is 16.0. The lowest BCUT2D eigenvalue weighted by atomic mass is 9.93. The second-order valence-corrected chi connectivity index (χ2v) is 19.1. The van der Waals surface area contributed by atoms with E-state index < -0.39 is 0 Å². The van der Waals surface area contributed by atoms with Crippen molar-refractivity contribution in [1.82, 2.24) is 24.1 Å². The van der Waals surface area contributed by atoms with Crippen molar-refractivity contribution in [3.8, 4) is 79.9 Å². The maximum atomic E-state index is 10.5. The molecule has 0 fully saturated rings. The predicted octanol–water partition coefficient (Wildman–Crippen LogP) is 16.0. The van der Waals surface area contributed by atoms with Gasteiger partial charge >= 0.3 is 0 Å². The molecule has 7 nitrogen and oxygen atoms in total. The summed E-state index contributed by atoms with van der Waals surface area (Å²) in [5, 5.41) is 25.5. The molecule has 7 heteroatoms. The Balaban J connectivity index is 1.14. The lowest BCUT2D eigenvalue weighted by Gasteiger charge is -2.17. The van der Waals surface area contributed by atoms with E-state index in [0.29, 0.717) is 39.7 Å². The normalized spacial score (nSPS) is 11.4. The van der Waals surface area contributed by atoms with Gasteiger partial charge < -0.3 is 9.13 Å². The van der Waals surface area contributed by atoms with Crippen molar-refractivity contribution in [2.45, 2.75) is 41.5 Å². The zero-order chi connectivity index (χ0) is 49.4. The molecule has 0 saturated carbocycles. The summed E-state index contributed by atoms with van der Waals surface area (Å²) in [6.07, 6.45) is 0. The summed E-state index contributed by atoms with van der Waals surface area (Å²) in [7, 11) is 0. The zero-order valence-corrected chi connectivity index (χ0v) is 40.9. The molecule has 0 atom stereocenters. The van der Waals surface area contributed by atoms with Gasteiger partial charge in [-0.2, -0.15) is 10.5 Å². The van der Waals surface area contributed by atoms with Gasteiger partial charge in [0.05, 0.1) is 56.7 Å². The van der Waals surface area contributed by atoms with Gasteiger partial charge in [0.2, 0.25) is 0 Å². The molecule has 12 rings (SSSR count). The van der Waals surface area contributed by atoms with Crippen LogP contribution in [-0.4, -0.2) is 24.1 Å². The number of nitriles is 2. The van der Waals surface area contributed by atoms with Gasteiger partial charge in [0.25, 0.3) is 0 Å². The minimum atomic E-state index is 0.390. The maximum absolute atomic E-state index is 10.5. The molecule has 0 radical (unpaired) electrons. The number of para-hydroxylation sites is 2. The Morgan fingerprint density at radius 2 is 0.736 bits per heavy atom. The lowest BCUT2D eigenvalue weighted by Crippen LogP contribution is -2.06. The van der Waals surface area contributed by atoms with Crippen LogP contribution in [0.15, 0.2) is 176 Å². The van der Waals surface area contributed by atoms with Crippen molar-refractivity contribution >= 4 is 43.6 Å². The maximum Gasteiger partial charge on any atom is 0.166 e. The fourth-order valence-corrected chi connectivity index (χ4v) is 11.3. The fourth-order valence-electron chi connectivity index (χ4n) is 11.3. The van der Waals surface area contributed by atoms with Gasteiger partial charge in [-0.05, 0) is 147 Å². The first-order chi connectivity index (χ1) is 35.1. The van der Waals surface area contributed by atoms with Crippen LogP contribution in [0.25, 0.3) is 111 Å². The number of fused-ring (bicyclic) bond motifs is 6. The molecule has 0 amide bonds. The Kier molecular flexibility index (Phi) is 10.5. The molecule has 0 saturated heterocycles. The molecule has 72 heavy (non-hydrogen) atoms. The van der Waals surface area contributed by atoms with Crippen LogP contribution in [0, 0.1) is 64.2 Å². The molecule has 12 aromatic rings. The number of aromatic nitrogens is 5. The van der Waals surface area contributed by atoms with Crippen LogP contribution in [0.1, 0.15) is 44.5 Å². The molecule has 0 unspecified atom stereocenters. The summed E-state index contributed by atoms with van der Waals surface area (Å²) in [6, 6.07) is 65.6. The third-order valence-electron chi connectivity index (χ3n) is 14.2. The van der Waals surface area contributed by atoms with Gasteiger partial charge in [0, 0.05) is 38.2 Å². The second-order valence-electron chi connectivity index (χ2n) is 19.1. The number of hydrogen-bond donors (Lipinski definition) is 0. The third-order valence-corrected chi connectivity index (χ3v) is 14.2. The molecular formula is C65H47N7. The van der Waals surface area contributed by atoms with E-state index in [9.17, 15) is 10.5 Å². The SMILES string of the molecule is Cc1cc(C)c(-c2ccc3c4ccccc4n(-c4ccc(C#N)cc4-c4nc(-c5ccccc5)nc(-c5cc(C#N)ccc5-n5c6ccccc6c6ccc(-c7c(C)cc(C)cc7C)cc65)n4)c3c2)c(C)c1. The predicted molar refractivity (Wildman–Crippen MR) is 294 cm³/mol. The molecule has 0 aliphatic heterocycles. The van der Waals surface area contributed by atoms with E-state index in [4.69, 9.17) is 15.0 Å². The fraction of sp³-hybridized carbons (Fsp3) is 0.0923. The van der Waals surface area contributed by atoms with Crippen molar-refractivity contribution in [2.75, 3.05) is 0 Å². The van der Waals surface area contributed by atoms with E-state index in [0.717, 1.165) is 71.7 Å². The molecule has 0 aliphatic carbocycles. The summed E-state index contributed by atoms with van der Waals surface area (Å²) in [5.41, 5.74) is 20.8. The van der Waals surface area contributed by atoms with E-state index in [-0.39, 0.29) is 0 Å². The summed E-state index contributed by atoms with van der Waals surface area (Å²) < 4.78 is 4.56. The highest BCUT2D eigenvalue weighted by atomic mass is 15.1. The molecular weight excluding hydrogens is 879 g/mol. The van der Waals surface area contributed by atoms with Crippen LogP contribution in [0.2, 0.25) is 0 Å². The minimum Gasteiger partial charge on any atom is -0.308 e. The Morgan fingerprint density at radius 3 is 1.17 bits per heavy atom. The van der Waals surface area contributed by atoms with Crippen molar-refractivity contribution in [1.29, 1.82) is 10.5 Å². The second kappa shape index (κ2) is 17.2. The standard InChI is InChI=1S/C65H47N7/c1-38-28-40(3)61(41(4)29-38)47-22-24-51-49-16-10-12-18-55(49)71(59(51)34-47)57-26-20-44(36-66)32-53(57)64-68-63(46-14-8-7-9-15-46)69-65(70-64)54-33-45(37-67)21-27-58(54)72-56-19-13-11-17-50(56)52-25-23-48(35-60(52)72)62-42(5)30-39(2)31-43(62)6/h7-35H,1-6H3. The summed E-state index contributed by atoms with van der Waals surface area (Å²) in [5.74, 6) is 1.24. The average Bonchev–Trinajstić information content (AvgIpc) is 3.89. The van der Waals surface area contributed by atoms with Gasteiger partial charge in [-0.25, -0.2) is 15.0 Å². The van der Waals surface area contributed by atoms with Crippen molar-refractivity contribution < 1.29 is 0 Å². The number of rotatable bonds is 7. The quantitative estimate of drug-likeness (QED) is 0.159. The smallest absolute Gasteiger partial charge is 0.166 e. The lowest BCUT2D eigenvalue weighted by molar-refractivity contribution is 1.06. The van der Waals surface area contributed by atoms with Crippen LogP contribution in [0.4, 0.5) is 0 Å². The van der Waals surface area contributed by atoms with Gasteiger partial charge in [-0.15, -0.1) is 0 Å². The van der Waals surface area contributed by atoms with Crippen LogP contribution in [-0.2, 0) is 0 Å². The molecule has 0 bridgehead atoms. The zero-order valence-electron chi connectivity index (χ0n) is 40.9. The van der Waals surface area contributed by atoms with Crippen LogP contribution in [0.5, 0.6) is 0 Å². The molecule has 342 valence electrons. The van der Waals surface area contributed by atoms with Crippen LogP contribution in [0.3, 0.4) is 0 Å². The van der Waals surface area contributed by atoms with Crippen LogP contribution >= 0.6 is 0 Å². The van der Waals surface area contributed by atoms with E-state index in [2.05, 4.69) is 172 Å². The molecule has 3 aromatic heterocycles. The van der Waals surface area contributed by atoms with Crippen molar-refractivity contribution in [3.05, 3.63) is 220 Å². The van der Waals surface area contributed by atoms with Gasteiger partial charge in [0.1, 0.15) is 0 Å². The highest BCUT2D eigenvalue weighted by Gasteiger charge is 2.24. The summed E-state index contributed by atoms with van der Waals surface area (Å²) in [6.45, 7) is 13.0. The molecule has 9 aromatic carbocycles. The first kappa shape index (κ1) is 43.8. The first-order valence-corrected chi connectivity index (χ1v) is 24.2. The Hall–Kier alpha value is -9.43. The Morgan fingerprint density at radius 1 is 0.347 bits per heavy atom. The van der Waals surface area contributed by atoms with E-state index in [1.807, 2.05) is 66.7 Å². The summed E-state index contributed by atoms with van der Waals surface area (Å²) >= 11 is 0. The van der Waals surface area contributed by atoms with Gasteiger partial charge in [0.15, 0.2) is 17.5 Å². The first-order valence-electron chi connectivity index (χ1n) is 24.2. The number of hydrogen-bond acceptors (Lipinski definition) is 5. The molecule has 0 N–H and O–H groups in total. The molecule has 0 aliphatic rings. The molecule has 3 heterocycles. The average molecular weight is 926 g/mol. The monoisotopic (exact) mass is 925 g/mol. The molecule has 0 spiro atoms. The number of nitrogens with zero attached hydrogens (tertiary/aromatic N) is 7. The van der Waals surface area contributed by atoms with E-state index >= 15 is 0 Å². The van der Waals surface area contributed by atoms with Crippen molar-refractivity contribution in [2.24, 2.45) is 0 Å². The highest BCUT2D eigenvalue weighted by Crippen LogP contribution is 2.42. The Labute approximate surface area is 418 Å². The largest absolute Gasteiger partial charge is 0.308 e. The van der Waals surface area contributed by atoms with E-state index in [1.165, 1.54) is 44.5 Å². The Bertz CT molecular complexity index is 4010. The number of benzene rings is 9. The topological polar surface area (TPSA) is 96.1 Å². The van der Waals surface area contributed by atoms with Crippen LogP contribution < -0.4 is 0 Å². The van der Waals surface area contributed by atoms with Crippen molar-refractivity contribution in [3.63, 3.8) is 0 Å².